The quantitative estimate of drug-likeness (QED) is 0.358. The molecule has 0 heterocycles. The van der Waals surface area contributed by atoms with Crippen LogP contribution in [0.1, 0.15) is 115 Å². The first-order chi connectivity index (χ1) is 10.5. The molecular formula is C23H48. The van der Waals surface area contributed by atoms with Crippen LogP contribution >= 0.6 is 0 Å². The normalized spacial score (nSPS) is 23.0. The second-order valence-electron chi connectivity index (χ2n) is 9.37. The molecule has 0 radical (unpaired) electrons. The van der Waals surface area contributed by atoms with Crippen LogP contribution in [-0.2, 0) is 0 Å². The van der Waals surface area contributed by atoms with E-state index in [1.54, 1.807) is 0 Å². The lowest BCUT2D eigenvalue weighted by Crippen LogP contribution is -2.53. The lowest BCUT2D eigenvalue weighted by atomic mass is 9.45. The zero-order valence-electron chi connectivity index (χ0n) is 18.5. The molecule has 140 valence electrons. The molecule has 0 aliphatic carbocycles. The highest BCUT2D eigenvalue weighted by atomic mass is 14.6. The fourth-order valence-corrected chi connectivity index (χ4v) is 5.69. The summed E-state index contributed by atoms with van der Waals surface area (Å²) in [4.78, 5) is 0. The third kappa shape index (κ3) is 4.35. The molecule has 0 N–H and O–H groups in total. The van der Waals surface area contributed by atoms with Crippen molar-refractivity contribution in [3.05, 3.63) is 0 Å². The lowest BCUT2D eigenvalue weighted by molar-refractivity contribution is -0.111. The van der Waals surface area contributed by atoms with Crippen molar-refractivity contribution in [3.8, 4) is 0 Å². The third-order valence-electron chi connectivity index (χ3n) is 8.23. The first-order valence-corrected chi connectivity index (χ1v) is 10.5. The van der Waals surface area contributed by atoms with Gasteiger partial charge in [-0.25, -0.2) is 0 Å². The Bertz CT molecular complexity index is 331. The van der Waals surface area contributed by atoms with E-state index in [0.29, 0.717) is 16.2 Å². The van der Waals surface area contributed by atoms with Gasteiger partial charge in [-0.15, -0.1) is 0 Å². The van der Waals surface area contributed by atoms with Gasteiger partial charge in [0.05, 0.1) is 0 Å². The number of hydrogen-bond donors (Lipinski definition) is 0. The molecule has 0 nitrogen and oxygen atoms in total. The fraction of sp³-hybridized carbons (Fsp3) is 1.00. The number of rotatable bonds is 11. The van der Waals surface area contributed by atoms with Crippen LogP contribution < -0.4 is 0 Å². The molecule has 0 amide bonds. The van der Waals surface area contributed by atoms with Gasteiger partial charge in [0.1, 0.15) is 0 Å². The van der Waals surface area contributed by atoms with Gasteiger partial charge in [-0.05, 0) is 40.4 Å². The maximum atomic E-state index is 2.62. The Kier molecular flexibility index (Phi) is 8.91. The Hall–Kier alpha value is 0. The van der Waals surface area contributed by atoms with Crippen molar-refractivity contribution in [1.82, 2.24) is 0 Å². The molecule has 5 atom stereocenters. The second-order valence-corrected chi connectivity index (χ2v) is 9.37. The predicted molar refractivity (Wildman–Crippen MR) is 108 cm³/mol. The maximum absolute atomic E-state index is 2.62. The molecule has 0 heteroatoms. The van der Waals surface area contributed by atoms with Gasteiger partial charge in [-0.3, -0.25) is 0 Å². The van der Waals surface area contributed by atoms with Crippen molar-refractivity contribution in [2.24, 2.45) is 34.0 Å². The molecule has 0 fully saturated rings. The Labute approximate surface area is 149 Å². The Morgan fingerprint density at radius 2 is 1.17 bits per heavy atom. The van der Waals surface area contributed by atoms with Crippen molar-refractivity contribution in [2.75, 3.05) is 0 Å². The van der Waals surface area contributed by atoms with Gasteiger partial charge in [0.2, 0.25) is 0 Å². The van der Waals surface area contributed by atoms with E-state index >= 15 is 0 Å². The Morgan fingerprint density at radius 1 is 0.696 bits per heavy atom. The topological polar surface area (TPSA) is 0 Å². The summed E-state index contributed by atoms with van der Waals surface area (Å²) in [7, 11) is 0. The van der Waals surface area contributed by atoms with Gasteiger partial charge in [-0.1, -0.05) is 108 Å². The molecule has 0 aliphatic heterocycles. The van der Waals surface area contributed by atoms with E-state index in [4.69, 9.17) is 0 Å². The Morgan fingerprint density at radius 3 is 1.43 bits per heavy atom. The molecule has 23 heavy (non-hydrogen) atoms. The molecule has 0 spiro atoms. The average Bonchev–Trinajstić information content (AvgIpc) is 2.53. The minimum atomic E-state index is 0.411. The van der Waals surface area contributed by atoms with Crippen molar-refractivity contribution < 1.29 is 0 Å². The molecule has 0 saturated carbocycles. The highest BCUT2D eigenvalue weighted by Gasteiger charge is 2.54. The van der Waals surface area contributed by atoms with E-state index in [1.165, 1.54) is 38.5 Å². The van der Waals surface area contributed by atoms with Crippen molar-refractivity contribution in [1.29, 1.82) is 0 Å². The van der Waals surface area contributed by atoms with Gasteiger partial charge < -0.3 is 0 Å². The first-order valence-electron chi connectivity index (χ1n) is 10.5. The molecule has 0 aromatic rings. The van der Waals surface area contributed by atoms with Crippen LogP contribution in [0.4, 0.5) is 0 Å². The zero-order chi connectivity index (χ0) is 18.5. The molecule has 5 unspecified atom stereocenters. The first kappa shape index (κ1) is 23.0. The summed E-state index contributed by atoms with van der Waals surface area (Å²) < 4.78 is 0. The molecule has 0 bridgehead atoms. The summed E-state index contributed by atoms with van der Waals surface area (Å²) >= 11 is 0. The summed E-state index contributed by atoms with van der Waals surface area (Å²) in [6, 6.07) is 0. The SMILES string of the molecule is CCCC(C)(CC)C(C(C)(CC)C(C)C)C(C)(CC)C(C)CC. The van der Waals surface area contributed by atoms with Crippen molar-refractivity contribution in [2.45, 2.75) is 115 Å². The average molecular weight is 325 g/mol. The van der Waals surface area contributed by atoms with Crippen LogP contribution in [0.15, 0.2) is 0 Å². The summed E-state index contributed by atoms with van der Waals surface area (Å²) in [5.74, 6) is 2.29. The van der Waals surface area contributed by atoms with E-state index in [0.717, 1.165) is 17.8 Å². The van der Waals surface area contributed by atoms with Gasteiger partial charge >= 0.3 is 0 Å². The van der Waals surface area contributed by atoms with E-state index in [9.17, 15) is 0 Å². The third-order valence-corrected chi connectivity index (χ3v) is 8.23. The molecule has 0 aromatic carbocycles. The van der Waals surface area contributed by atoms with Crippen LogP contribution in [0.25, 0.3) is 0 Å². The van der Waals surface area contributed by atoms with Crippen LogP contribution in [0.2, 0.25) is 0 Å². The highest BCUT2D eigenvalue weighted by Crippen LogP contribution is 2.61. The van der Waals surface area contributed by atoms with Crippen LogP contribution in [0.3, 0.4) is 0 Å². The van der Waals surface area contributed by atoms with Gasteiger partial charge in [0, 0.05) is 0 Å². The molecule has 0 rings (SSSR count). The minimum absolute atomic E-state index is 0.411. The van der Waals surface area contributed by atoms with Gasteiger partial charge in [-0.2, -0.15) is 0 Å². The van der Waals surface area contributed by atoms with Gasteiger partial charge in [0.15, 0.2) is 0 Å². The molecule has 0 aromatic heterocycles. The minimum Gasteiger partial charge on any atom is -0.0654 e. The van der Waals surface area contributed by atoms with Crippen LogP contribution in [0.5, 0.6) is 0 Å². The smallest absolute Gasteiger partial charge is 0.0247 e. The summed E-state index contributed by atoms with van der Waals surface area (Å²) in [6.07, 6.45) is 7.86. The predicted octanol–water partition coefficient (Wildman–Crippen LogP) is 8.35. The highest BCUT2D eigenvalue weighted by molar-refractivity contribution is 5.03. The monoisotopic (exact) mass is 324 g/mol. The van der Waals surface area contributed by atoms with E-state index in [-0.39, 0.29) is 0 Å². The van der Waals surface area contributed by atoms with E-state index < -0.39 is 0 Å². The molecule has 0 aliphatic rings. The Balaban J connectivity index is 6.40. The summed E-state index contributed by atoms with van der Waals surface area (Å²) in [5.41, 5.74) is 1.27. The zero-order valence-corrected chi connectivity index (χ0v) is 18.5. The number of hydrogen-bond acceptors (Lipinski definition) is 0. The standard InChI is InChI=1S/C23H48/c1-12-17-21(9,14-3)20(22(10,15-4)18(6)7)23(11,16-5)19(8)13-2/h18-20H,12-17H2,1-11H3. The van der Waals surface area contributed by atoms with Crippen molar-refractivity contribution >= 4 is 0 Å². The molecule has 0 saturated heterocycles. The fourth-order valence-electron chi connectivity index (χ4n) is 5.69. The summed E-state index contributed by atoms with van der Waals surface area (Å²) in [6.45, 7) is 27.3. The van der Waals surface area contributed by atoms with E-state index in [1.807, 2.05) is 0 Å². The summed E-state index contributed by atoms with van der Waals surface area (Å²) in [5, 5.41) is 0. The van der Waals surface area contributed by atoms with Crippen LogP contribution in [-0.4, -0.2) is 0 Å². The maximum Gasteiger partial charge on any atom is -0.0247 e. The van der Waals surface area contributed by atoms with Crippen LogP contribution in [0, 0.1) is 34.0 Å². The van der Waals surface area contributed by atoms with Gasteiger partial charge in [0.25, 0.3) is 0 Å². The second kappa shape index (κ2) is 8.91. The van der Waals surface area contributed by atoms with E-state index in [2.05, 4.69) is 76.2 Å². The largest absolute Gasteiger partial charge is 0.0654 e. The van der Waals surface area contributed by atoms with Crippen molar-refractivity contribution in [3.63, 3.8) is 0 Å². The lowest BCUT2D eigenvalue weighted by Gasteiger charge is -2.60. The molecular weight excluding hydrogens is 276 g/mol.